The van der Waals surface area contributed by atoms with Crippen LogP contribution in [0, 0.1) is 11.3 Å². The molecule has 1 aromatic heterocycles. The van der Waals surface area contributed by atoms with E-state index in [9.17, 15) is 14.9 Å². The number of nitrogens with zero attached hydrogens (tertiary/aromatic N) is 2. The van der Waals surface area contributed by atoms with Gasteiger partial charge in [-0.15, -0.1) is 0 Å². The van der Waals surface area contributed by atoms with Crippen LogP contribution in [0.1, 0.15) is 37.5 Å². The third-order valence-electron chi connectivity index (χ3n) is 4.33. The van der Waals surface area contributed by atoms with Crippen LogP contribution in [0.3, 0.4) is 0 Å². The highest BCUT2D eigenvalue weighted by Gasteiger charge is 2.09. The minimum Gasteiger partial charge on any atom is -0.379 e. The summed E-state index contributed by atoms with van der Waals surface area (Å²) in [5, 5.41) is 15.8. The maximum atomic E-state index is 12.4. The van der Waals surface area contributed by atoms with E-state index in [1.54, 1.807) is 54.6 Å². The molecule has 150 valence electrons. The predicted molar refractivity (Wildman–Crippen MR) is 114 cm³/mol. The highest BCUT2D eigenvalue weighted by molar-refractivity contribution is 6.30. The number of hydrogen-bond acceptors (Lipinski definition) is 5. The Morgan fingerprint density at radius 2 is 1.90 bits per heavy atom. The number of primary amides is 1. The largest absolute Gasteiger partial charge is 0.379 e. The van der Waals surface area contributed by atoms with E-state index in [1.807, 2.05) is 0 Å². The molecule has 3 aromatic rings. The number of anilines is 1. The number of benzene rings is 2. The highest BCUT2D eigenvalue weighted by atomic mass is 35.5. The van der Waals surface area contributed by atoms with Gasteiger partial charge in [0.2, 0.25) is 5.91 Å². The number of carbonyl (C=O) groups is 2. The summed E-state index contributed by atoms with van der Waals surface area (Å²) >= 11 is 5.94. The van der Waals surface area contributed by atoms with Gasteiger partial charge in [0, 0.05) is 29.0 Å². The Balaban J connectivity index is 1.71. The molecule has 7 nitrogen and oxygen atoms in total. The number of halogens is 1. The first-order valence-electron chi connectivity index (χ1n) is 9.01. The lowest BCUT2D eigenvalue weighted by Crippen LogP contribution is -2.23. The maximum Gasteiger partial charge on any atom is 0.251 e. The average molecular weight is 420 g/mol. The Bertz CT molecular complexity index is 1120. The van der Waals surface area contributed by atoms with Crippen molar-refractivity contribution in [1.82, 2.24) is 10.3 Å². The third-order valence-corrected chi connectivity index (χ3v) is 4.57. The number of nitrogens with two attached hydrogens (primary N) is 1. The van der Waals surface area contributed by atoms with E-state index < -0.39 is 5.91 Å². The third kappa shape index (κ3) is 5.34. The Morgan fingerprint density at radius 1 is 1.07 bits per heavy atom. The number of nitrogens with one attached hydrogen (secondary N) is 2. The number of aromatic nitrogens is 1. The van der Waals surface area contributed by atoms with Gasteiger partial charge in [-0.3, -0.25) is 14.6 Å². The lowest BCUT2D eigenvalue weighted by molar-refractivity contribution is 0.0949. The first kappa shape index (κ1) is 20.8. The summed E-state index contributed by atoms with van der Waals surface area (Å²) in [6, 6.07) is 17.3. The van der Waals surface area contributed by atoms with Crippen molar-refractivity contribution in [3.63, 3.8) is 0 Å². The minimum atomic E-state index is -0.540. The van der Waals surface area contributed by atoms with Gasteiger partial charge in [0.05, 0.1) is 29.4 Å². The van der Waals surface area contributed by atoms with E-state index in [1.165, 1.54) is 6.20 Å². The first-order chi connectivity index (χ1) is 14.5. The minimum absolute atomic E-state index is 0.253. The summed E-state index contributed by atoms with van der Waals surface area (Å²) in [6.45, 7) is 0.622. The molecule has 30 heavy (non-hydrogen) atoms. The Hall–Kier alpha value is -3.89. The van der Waals surface area contributed by atoms with E-state index >= 15 is 0 Å². The van der Waals surface area contributed by atoms with Crippen molar-refractivity contribution in [2.75, 3.05) is 5.32 Å². The summed E-state index contributed by atoms with van der Waals surface area (Å²) in [7, 11) is 0. The van der Waals surface area contributed by atoms with Crippen LogP contribution in [0.2, 0.25) is 5.02 Å². The van der Waals surface area contributed by atoms with Crippen LogP contribution in [0.25, 0.3) is 0 Å². The van der Waals surface area contributed by atoms with Gasteiger partial charge in [-0.2, -0.15) is 5.26 Å². The lowest BCUT2D eigenvalue weighted by atomic mass is 10.1. The van der Waals surface area contributed by atoms with E-state index in [4.69, 9.17) is 17.3 Å². The van der Waals surface area contributed by atoms with Gasteiger partial charge in [-0.05, 0) is 48.0 Å². The summed E-state index contributed by atoms with van der Waals surface area (Å²) in [6.07, 6.45) is 1.41. The van der Waals surface area contributed by atoms with E-state index in [0.717, 1.165) is 5.56 Å². The fourth-order valence-electron chi connectivity index (χ4n) is 2.73. The molecule has 0 aliphatic carbocycles. The second kappa shape index (κ2) is 9.54. The van der Waals surface area contributed by atoms with E-state index in [-0.39, 0.29) is 12.5 Å². The second-order valence-corrected chi connectivity index (χ2v) is 6.87. The molecule has 0 unspecified atom stereocenters. The molecule has 0 fully saturated rings. The fraction of sp³-hybridized carbons (Fsp3) is 0.0909. The van der Waals surface area contributed by atoms with Gasteiger partial charge in [0.15, 0.2) is 0 Å². The quantitative estimate of drug-likeness (QED) is 0.542. The lowest BCUT2D eigenvalue weighted by Gasteiger charge is -2.13. The topological polar surface area (TPSA) is 121 Å². The number of carbonyl (C=O) groups excluding carboxylic acids is 2. The zero-order chi connectivity index (χ0) is 21.5. The Kier molecular flexibility index (Phi) is 6.63. The van der Waals surface area contributed by atoms with Crippen molar-refractivity contribution in [3.05, 3.63) is 93.8 Å². The van der Waals surface area contributed by atoms with Gasteiger partial charge >= 0.3 is 0 Å². The first-order valence-corrected chi connectivity index (χ1v) is 9.39. The zero-order valence-corrected chi connectivity index (χ0v) is 16.6. The van der Waals surface area contributed by atoms with Crippen LogP contribution in [-0.4, -0.2) is 16.8 Å². The summed E-state index contributed by atoms with van der Waals surface area (Å²) in [5.41, 5.74) is 8.69. The van der Waals surface area contributed by atoms with Crippen molar-refractivity contribution in [2.45, 2.75) is 13.1 Å². The maximum absolute atomic E-state index is 12.4. The Morgan fingerprint density at radius 3 is 2.57 bits per heavy atom. The van der Waals surface area contributed by atoms with Gasteiger partial charge in [-0.1, -0.05) is 23.7 Å². The van der Waals surface area contributed by atoms with E-state index in [2.05, 4.69) is 21.7 Å². The van der Waals surface area contributed by atoms with Crippen molar-refractivity contribution in [1.29, 1.82) is 5.26 Å². The molecular formula is C22H18ClN5O2. The predicted octanol–water partition coefficient (Wildman–Crippen LogP) is 3.25. The van der Waals surface area contributed by atoms with Crippen molar-refractivity contribution >= 4 is 29.1 Å². The standard InChI is InChI=1S/C22H18ClN5O2/c23-18-3-1-2-15(9-18)22(30)28-11-16-5-4-14(10-24)8-20(16)27-13-19-7-6-17(12-26-19)21(25)29/h1-9,12,27H,11,13H2,(H2,25,29)(H,28,30). The summed E-state index contributed by atoms with van der Waals surface area (Å²) in [4.78, 5) is 27.7. The molecule has 2 aromatic carbocycles. The molecule has 3 rings (SSSR count). The molecule has 2 amide bonds. The molecule has 0 radical (unpaired) electrons. The van der Waals surface area contributed by atoms with Gasteiger partial charge < -0.3 is 16.4 Å². The van der Waals surface area contributed by atoms with Crippen molar-refractivity contribution < 1.29 is 9.59 Å². The molecule has 8 heteroatoms. The monoisotopic (exact) mass is 419 g/mol. The van der Waals surface area contributed by atoms with Crippen molar-refractivity contribution in [3.8, 4) is 6.07 Å². The molecule has 1 heterocycles. The molecule has 0 bridgehead atoms. The zero-order valence-electron chi connectivity index (χ0n) is 15.9. The molecule has 0 saturated heterocycles. The van der Waals surface area contributed by atoms with Gasteiger partial charge in [0.25, 0.3) is 5.91 Å². The average Bonchev–Trinajstić information content (AvgIpc) is 2.76. The number of amides is 2. The van der Waals surface area contributed by atoms with Crippen LogP contribution < -0.4 is 16.4 Å². The molecule has 4 N–H and O–H groups in total. The normalized spacial score (nSPS) is 10.1. The van der Waals surface area contributed by atoms with Crippen LogP contribution in [0.15, 0.2) is 60.8 Å². The summed E-state index contributed by atoms with van der Waals surface area (Å²) < 4.78 is 0. The number of rotatable bonds is 7. The second-order valence-electron chi connectivity index (χ2n) is 6.43. The highest BCUT2D eigenvalue weighted by Crippen LogP contribution is 2.19. The number of pyridine rings is 1. The SMILES string of the molecule is N#Cc1ccc(CNC(=O)c2cccc(Cl)c2)c(NCc2ccc(C(N)=O)cn2)c1. The summed E-state index contributed by atoms with van der Waals surface area (Å²) in [5.74, 6) is -0.794. The van der Waals surface area contributed by atoms with E-state index in [0.29, 0.717) is 39.6 Å². The van der Waals surface area contributed by atoms with Crippen LogP contribution in [-0.2, 0) is 13.1 Å². The van der Waals surface area contributed by atoms with Crippen LogP contribution in [0.4, 0.5) is 5.69 Å². The fourth-order valence-corrected chi connectivity index (χ4v) is 2.92. The molecule has 0 spiro atoms. The van der Waals surface area contributed by atoms with Gasteiger partial charge in [-0.25, -0.2) is 0 Å². The molecule has 0 saturated carbocycles. The molecule has 0 aliphatic rings. The molecular weight excluding hydrogens is 402 g/mol. The Labute approximate surface area is 178 Å². The van der Waals surface area contributed by atoms with Crippen LogP contribution in [0.5, 0.6) is 0 Å². The number of nitriles is 1. The van der Waals surface area contributed by atoms with Crippen LogP contribution >= 0.6 is 11.6 Å². The van der Waals surface area contributed by atoms with Crippen molar-refractivity contribution in [2.24, 2.45) is 5.73 Å². The van der Waals surface area contributed by atoms with Gasteiger partial charge in [0.1, 0.15) is 0 Å². The number of hydrogen-bond donors (Lipinski definition) is 3. The smallest absolute Gasteiger partial charge is 0.251 e. The molecule has 0 aliphatic heterocycles. The molecule has 0 atom stereocenters.